The number of fused-ring (bicyclic) bond motifs is 1. The molecule has 0 aliphatic carbocycles. The van der Waals surface area contributed by atoms with Crippen LogP contribution in [-0.4, -0.2) is 43.5 Å². The molecule has 2 N–H and O–H groups in total. The Hall–Kier alpha value is -2.28. The van der Waals surface area contributed by atoms with Crippen molar-refractivity contribution in [1.82, 2.24) is 5.32 Å². The zero-order chi connectivity index (χ0) is 20.1. The highest BCUT2D eigenvalue weighted by Crippen LogP contribution is 2.33. The van der Waals surface area contributed by atoms with E-state index in [-0.39, 0.29) is 12.6 Å². The monoisotopic (exact) mass is 405 g/mol. The van der Waals surface area contributed by atoms with Crippen molar-refractivity contribution in [2.75, 3.05) is 20.3 Å². The van der Waals surface area contributed by atoms with Crippen LogP contribution in [0.3, 0.4) is 0 Å². The SMILES string of the molecule is COC(=O)C1COc2cc(CC(C)NCC(O)c3cccc(Cl)c3)ccc2O1. The van der Waals surface area contributed by atoms with E-state index in [4.69, 9.17) is 21.1 Å². The number of ether oxygens (including phenoxy) is 3. The molecule has 0 bridgehead atoms. The van der Waals surface area contributed by atoms with E-state index in [1.165, 1.54) is 7.11 Å². The smallest absolute Gasteiger partial charge is 0.350 e. The largest absolute Gasteiger partial charge is 0.485 e. The minimum atomic E-state index is -0.739. The highest BCUT2D eigenvalue weighted by atomic mass is 35.5. The summed E-state index contributed by atoms with van der Waals surface area (Å²) < 4.78 is 16.0. The van der Waals surface area contributed by atoms with Crippen molar-refractivity contribution in [1.29, 1.82) is 0 Å². The highest BCUT2D eigenvalue weighted by Gasteiger charge is 2.28. The van der Waals surface area contributed by atoms with Crippen molar-refractivity contribution in [2.24, 2.45) is 0 Å². The van der Waals surface area contributed by atoms with Gasteiger partial charge in [-0.2, -0.15) is 0 Å². The number of hydrogen-bond donors (Lipinski definition) is 2. The molecule has 3 unspecified atom stereocenters. The number of aliphatic hydroxyl groups excluding tert-OH is 1. The van der Waals surface area contributed by atoms with E-state index in [9.17, 15) is 9.90 Å². The Morgan fingerprint density at radius 1 is 1.32 bits per heavy atom. The van der Waals surface area contributed by atoms with Crippen LogP contribution in [0.15, 0.2) is 42.5 Å². The number of methoxy groups -OCH3 is 1. The topological polar surface area (TPSA) is 77.0 Å². The van der Waals surface area contributed by atoms with Gasteiger partial charge >= 0.3 is 5.97 Å². The third kappa shape index (κ3) is 5.16. The third-order valence-corrected chi connectivity index (χ3v) is 4.80. The van der Waals surface area contributed by atoms with Crippen LogP contribution in [0.4, 0.5) is 0 Å². The fourth-order valence-corrected chi connectivity index (χ4v) is 3.26. The van der Waals surface area contributed by atoms with E-state index in [1.807, 2.05) is 24.3 Å². The lowest BCUT2D eigenvalue weighted by molar-refractivity contribution is -0.151. The number of nitrogens with one attached hydrogen (secondary N) is 1. The molecule has 0 amide bonds. The minimum absolute atomic E-state index is 0.128. The van der Waals surface area contributed by atoms with Crippen LogP contribution >= 0.6 is 11.6 Å². The summed E-state index contributed by atoms with van der Waals surface area (Å²) >= 11 is 5.97. The zero-order valence-electron chi connectivity index (χ0n) is 15.9. The van der Waals surface area contributed by atoms with Gasteiger partial charge in [0.15, 0.2) is 11.5 Å². The first-order valence-electron chi connectivity index (χ1n) is 9.13. The summed E-state index contributed by atoms with van der Waals surface area (Å²) in [5.41, 5.74) is 1.85. The number of carbonyl (C=O) groups is 1. The minimum Gasteiger partial charge on any atom is -0.485 e. The Balaban J connectivity index is 1.53. The van der Waals surface area contributed by atoms with E-state index in [0.717, 1.165) is 17.5 Å². The molecule has 0 fully saturated rings. The fourth-order valence-electron chi connectivity index (χ4n) is 3.06. The average molecular weight is 406 g/mol. The Labute approximate surface area is 169 Å². The van der Waals surface area contributed by atoms with Crippen molar-refractivity contribution in [3.05, 3.63) is 58.6 Å². The molecule has 2 aromatic rings. The molecule has 0 spiro atoms. The van der Waals surface area contributed by atoms with E-state index in [0.29, 0.717) is 23.1 Å². The van der Waals surface area contributed by atoms with Crippen LogP contribution in [0, 0.1) is 0 Å². The predicted octanol–water partition coefficient (Wildman–Crippen LogP) is 2.91. The molecule has 1 aliphatic heterocycles. The first kappa shape index (κ1) is 20.5. The van der Waals surface area contributed by atoms with Gasteiger partial charge in [0.25, 0.3) is 0 Å². The van der Waals surface area contributed by atoms with Crippen molar-refractivity contribution >= 4 is 17.6 Å². The molecule has 0 saturated heterocycles. The van der Waals surface area contributed by atoms with Gasteiger partial charge < -0.3 is 24.6 Å². The Morgan fingerprint density at radius 2 is 2.14 bits per heavy atom. The van der Waals surface area contributed by atoms with Crippen LogP contribution < -0.4 is 14.8 Å². The molecule has 3 atom stereocenters. The second-order valence-electron chi connectivity index (χ2n) is 6.81. The number of benzene rings is 2. The number of halogens is 1. The van der Waals surface area contributed by atoms with Crippen molar-refractivity contribution in [2.45, 2.75) is 31.6 Å². The summed E-state index contributed by atoms with van der Waals surface area (Å²) in [7, 11) is 1.32. The van der Waals surface area contributed by atoms with Crippen LogP contribution in [0.25, 0.3) is 0 Å². The standard InChI is InChI=1S/C21H24ClNO5/c1-13(23-11-17(24)15-4-3-5-16(22)10-15)8-14-6-7-18-19(9-14)27-12-20(28-18)21(25)26-2/h3-7,9-10,13,17,20,23-24H,8,11-12H2,1-2H3. The van der Waals surface area contributed by atoms with Crippen molar-refractivity contribution in [3.63, 3.8) is 0 Å². The molecular weight excluding hydrogens is 382 g/mol. The molecule has 1 heterocycles. The molecule has 0 aromatic heterocycles. The van der Waals surface area contributed by atoms with Gasteiger partial charge in [-0.15, -0.1) is 0 Å². The molecule has 3 rings (SSSR count). The first-order valence-corrected chi connectivity index (χ1v) is 9.51. The van der Waals surface area contributed by atoms with Gasteiger partial charge in [0.1, 0.15) is 6.61 Å². The van der Waals surface area contributed by atoms with Crippen molar-refractivity contribution in [3.8, 4) is 11.5 Å². The van der Waals surface area contributed by atoms with Gasteiger partial charge in [0.05, 0.1) is 13.2 Å². The van der Waals surface area contributed by atoms with Gasteiger partial charge in [-0.3, -0.25) is 0 Å². The van der Waals surface area contributed by atoms with E-state index < -0.39 is 18.2 Å². The second-order valence-corrected chi connectivity index (χ2v) is 7.24. The van der Waals surface area contributed by atoms with Gasteiger partial charge in [0.2, 0.25) is 6.10 Å². The third-order valence-electron chi connectivity index (χ3n) is 4.57. The van der Waals surface area contributed by atoms with E-state index >= 15 is 0 Å². The van der Waals surface area contributed by atoms with E-state index in [1.54, 1.807) is 18.2 Å². The van der Waals surface area contributed by atoms with Crippen LogP contribution in [0.1, 0.15) is 24.2 Å². The van der Waals surface area contributed by atoms with Gasteiger partial charge in [0, 0.05) is 17.6 Å². The fraction of sp³-hybridized carbons (Fsp3) is 0.381. The lowest BCUT2D eigenvalue weighted by Crippen LogP contribution is -2.37. The predicted molar refractivity (Wildman–Crippen MR) is 106 cm³/mol. The Kier molecular flexibility index (Phi) is 6.78. The maximum Gasteiger partial charge on any atom is 0.350 e. The molecule has 1 aliphatic rings. The summed E-state index contributed by atoms with van der Waals surface area (Å²) in [6, 6.07) is 13.0. The van der Waals surface area contributed by atoms with Gasteiger partial charge in [-0.25, -0.2) is 4.79 Å². The molecule has 2 aromatic carbocycles. The molecule has 0 saturated carbocycles. The first-order chi connectivity index (χ1) is 13.5. The molecule has 6 nitrogen and oxygen atoms in total. The molecule has 0 radical (unpaired) electrons. The normalized spacial score (nSPS) is 17.6. The van der Waals surface area contributed by atoms with Crippen LogP contribution in [0.2, 0.25) is 5.02 Å². The van der Waals surface area contributed by atoms with Gasteiger partial charge in [-0.05, 0) is 48.7 Å². The number of hydrogen-bond acceptors (Lipinski definition) is 6. The molecule has 28 heavy (non-hydrogen) atoms. The average Bonchev–Trinajstić information content (AvgIpc) is 2.71. The summed E-state index contributed by atoms with van der Waals surface area (Å²) in [4.78, 5) is 11.6. The Morgan fingerprint density at radius 3 is 2.89 bits per heavy atom. The number of carbonyl (C=O) groups excluding carboxylic acids is 1. The Bertz CT molecular complexity index is 828. The second kappa shape index (κ2) is 9.28. The lowest BCUT2D eigenvalue weighted by atomic mass is 10.0. The quantitative estimate of drug-likeness (QED) is 0.690. The molecule has 7 heteroatoms. The molecule has 150 valence electrons. The number of rotatable bonds is 7. The zero-order valence-corrected chi connectivity index (χ0v) is 16.6. The number of aliphatic hydroxyl groups is 1. The summed E-state index contributed by atoms with van der Waals surface area (Å²) in [6.45, 7) is 2.60. The highest BCUT2D eigenvalue weighted by molar-refractivity contribution is 6.30. The van der Waals surface area contributed by atoms with Crippen LogP contribution in [-0.2, 0) is 16.0 Å². The summed E-state index contributed by atoms with van der Waals surface area (Å²) in [5.74, 6) is 0.692. The maximum absolute atomic E-state index is 11.6. The molecular formula is C21H24ClNO5. The summed E-state index contributed by atoms with van der Waals surface area (Å²) in [5, 5.41) is 14.3. The van der Waals surface area contributed by atoms with E-state index in [2.05, 4.69) is 17.0 Å². The maximum atomic E-state index is 11.6. The van der Waals surface area contributed by atoms with Crippen molar-refractivity contribution < 1.29 is 24.1 Å². The lowest BCUT2D eigenvalue weighted by Gasteiger charge is -2.25. The van der Waals surface area contributed by atoms with Gasteiger partial charge in [-0.1, -0.05) is 29.8 Å². The number of esters is 1. The summed E-state index contributed by atoms with van der Waals surface area (Å²) in [6.07, 6.45) is -0.618. The van der Waals surface area contributed by atoms with Crippen LogP contribution in [0.5, 0.6) is 11.5 Å².